The zero-order chi connectivity index (χ0) is 29.1. The number of nitrogens with zero attached hydrogens (tertiary/aromatic N) is 2. The summed E-state index contributed by atoms with van der Waals surface area (Å²) in [6.07, 6.45) is 0. The first kappa shape index (κ1) is 29.1. The number of Topliss-reactive ketones (excluding diaryl/α,β-unsaturated/α-hetero) is 1. The van der Waals surface area contributed by atoms with E-state index in [4.69, 9.17) is 37.4 Å². The van der Waals surface area contributed by atoms with Crippen LogP contribution in [0.15, 0.2) is 60.2 Å². The third-order valence-electron chi connectivity index (χ3n) is 6.65. The Morgan fingerprint density at radius 2 is 1.60 bits per heavy atom. The number of anilines is 1. The van der Waals surface area contributed by atoms with Crippen LogP contribution < -0.4 is 19.1 Å². The second-order valence-electron chi connectivity index (χ2n) is 9.28. The quantitative estimate of drug-likeness (QED) is 0.185. The van der Waals surface area contributed by atoms with Crippen LogP contribution in [-0.4, -0.2) is 56.6 Å². The summed E-state index contributed by atoms with van der Waals surface area (Å²) in [7, 11) is 6.59. The van der Waals surface area contributed by atoms with E-state index < -0.39 is 23.5 Å². The third kappa shape index (κ3) is 5.42. The lowest BCUT2D eigenvalue weighted by atomic mass is 9.94. The Balaban J connectivity index is 1.89. The summed E-state index contributed by atoms with van der Waals surface area (Å²) >= 11 is 12.8. The number of amides is 1. The van der Waals surface area contributed by atoms with Crippen LogP contribution >= 0.6 is 23.2 Å². The number of carbonyl (C=O) groups excluding carboxylic acids is 2. The van der Waals surface area contributed by atoms with Gasteiger partial charge in [-0.3, -0.25) is 9.59 Å². The van der Waals surface area contributed by atoms with E-state index in [0.717, 1.165) is 11.3 Å². The summed E-state index contributed by atoms with van der Waals surface area (Å²) in [5.41, 5.74) is 2.31. The minimum Gasteiger partial charge on any atom is -0.507 e. The van der Waals surface area contributed by atoms with Gasteiger partial charge in [0.25, 0.3) is 11.7 Å². The van der Waals surface area contributed by atoms with Crippen molar-refractivity contribution in [2.24, 2.45) is 0 Å². The van der Waals surface area contributed by atoms with Gasteiger partial charge in [0, 0.05) is 26.3 Å². The number of benzene rings is 3. The number of rotatable bonds is 9. The van der Waals surface area contributed by atoms with Gasteiger partial charge in [-0.15, -0.1) is 0 Å². The molecule has 3 aromatic carbocycles. The van der Waals surface area contributed by atoms with E-state index in [1.165, 1.54) is 25.2 Å². The number of aliphatic hydroxyl groups excluding tert-OH is 1. The monoisotopic (exact) mass is 584 g/mol. The molecule has 1 aliphatic rings. The van der Waals surface area contributed by atoms with Gasteiger partial charge in [-0.05, 0) is 48.4 Å². The Morgan fingerprint density at radius 1 is 0.975 bits per heavy atom. The molecule has 1 atom stereocenters. The van der Waals surface area contributed by atoms with Crippen molar-refractivity contribution in [1.29, 1.82) is 0 Å². The van der Waals surface area contributed by atoms with Crippen molar-refractivity contribution in [2.75, 3.05) is 39.8 Å². The van der Waals surface area contributed by atoms with E-state index in [-0.39, 0.29) is 39.2 Å². The van der Waals surface area contributed by atoms with Crippen molar-refractivity contribution >= 4 is 46.3 Å². The fourth-order valence-corrected chi connectivity index (χ4v) is 5.38. The lowest BCUT2D eigenvalue weighted by molar-refractivity contribution is -0.140. The van der Waals surface area contributed by atoms with Crippen LogP contribution in [0.3, 0.4) is 0 Å². The summed E-state index contributed by atoms with van der Waals surface area (Å²) < 4.78 is 16.2. The van der Waals surface area contributed by atoms with Crippen molar-refractivity contribution in [3.05, 3.63) is 86.9 Å². The van der Waals surface area contributed by atoms with Crippen LogP contribution in [-0.2, 0) is 16.1 Å². The molecule has 1 N–H and O–H groups in total. The fraction of sp³-hybridized carbons (Fsp3) is 0.267. The molecule has 0 spiro atoms. The van der Waals surface area contributed by atoms with E-state index in [9.17, 15) is 14.7 Å². The number of likely N-dealkylation sites (tertiary alicyclic amines) is 1. The molecule has 8 nitrogen and oxygen atoms in total. The molecule has 1 aliphatic heterocycles. The normalized spacial score (nSPS) is 16.3. The Hall–Kier alpha value is -3.88. The number of hydrogen-bond donors (Lipinski definition) is 1. The minimum atomic E-state index is -0.896. The highest BCUT2D eigenvalue weighted by Crippen LogP contribution is 2.47. The minimum absolute atomic E-state index is 0.0227. The first-order valence-corrected chi connectivity index (χ1v) is 13.3. The molecule has 210 valence electrons. The Labute approximate surface area is 243 Å². The summed E-state index contributed by atoms with van der Waals surface area (Å²) in [6, 6.07) is 15.2. The van der Waals surface area contributed by atoms with Gasteiger partial charge < -0.3 is 29.1 Å². The maximum absolute atomic E-state index is 13.5. The predicted octanol–water partition coefficient (Wildman–Crippen LogP) is 6.10. The number of aliphatic hydroxyl groups is 1. The van der Waals surface area contributed by atoms with Crippen molar-refractivity contribution in [1.82, 2.24) is 4.90 Å². The second kappa shape index (κ2) is 12.1. The van der Waals surface area contributed by atoms with Gasteiger partial charge in [0.2, 0.25) is 0 Å². The smallest absolute Gasteiger partial charge is 0.295 e. The first-order chi connectivity index (χ1) is 19.1. The number of hydrogen-bond acceptors (Lipinski definition) is 7. The van der Waals surface area contributed by atoms with Crippen LogP contribution in [0, 0.1) is 0 Å². The molecule has 1 heterocycles. The van der Waals surface area contributed by atoms with Gasteiger partial charge in [0.1, 0.15) is 16.5 Å². The van der Waals surface area contributed by atoms with E-state index >= 15 is 0 Å². The summed E-state index contributed by atoms with van der Waals surface area (Å²) in [4.78, 5) is 30.4. The molecule has 1 amide bonds. The molecule has 1 saturated heterocycles. The Morgan fingerprint density at radius 3 is 2.15 bits per heavy atom. The molecule has 4 rings (SSSR count). The number of methoxy groups -OCH3 is 2. The third-order valence-corrected chi connectivity index (χ3v) is 7.27. The van der Waals surface area contributed by atoms with Gasteiger partial charge in [-0.25, -0.2) is 0 Å². The van der Waals surface area contributed by atoms with Crippen molar-refractivity contribution in [3.63, 3.8) is 0 Å². The number of ether oxygens (including phenoxy) is 3. The molecule has 0 radical (unpaired) electrons. The maximum Gasteiger partial charge on any atom is 0.295 e. The van der Waals surface area contributed by atoms with Gasteiger partial charge in [-0.1, -0.05) is 47.5 Å². The van der Waals surface area contributed by atoms with Crippen LogP contribution in [0.5, 0.6) is 17.2 Å². The lowest BCUT2D eigenvalue weighted by Crippen LogP contribution is -2.29. The summed E-state index contributed by atoms with van der Waals surface area (Å²) in [6.45, 7) is 2.54. The maximum atomic E-state index is 13.5. The molecule has 1 fully saturated rings. The summed E-state index contributed by atoms with van der Waals surface area (Å²) in [5.74, 6) is -1.14. The zero-order valence-corrected chi connectivity index (χ0v) is 24.3. The molecule has 0 saturated carbocycles. The second-order valence-corrected chi connectivity index (χ2v) is 10.1. The zero-order valence-electron chi connectivity index (χ0n) is 22.8. The first-order valence-electron chi connectivity index (χ1n) is 12.5. The molecule has 40 heavy (non-hydrogen) atoms. The van der Waals surface area contributed by atoms with Gasteiger partial charge in [0.05, 0.1) is 43.0 Å². The average molecular weight is 585 g/mol. The van der Waals surface area contributed by atoms with Crippen LogP contribution in [0.25, 0.3) is 5.76 Å². The van der Waals surface area contributed by atoms with Crippen LogP contribution in [0.4, 0.5) is 5.69 Å². The van der Waals surface area contributed by atoms with Gasteiger partial charge in [-0.2, -0.15) is 0 Å². The molecule has 3 aromatic rings. The van der Waals surface area contributed by atoms with E-state index in [0.29, 0.717) is 17.9 Å². The largest absolute Gasteiger partial charge is 0.507 e. The molecule has 0 aromatic heterocycles. The number of ketones is 1. The van der Waals surface area contributed by atoms with Gasteiger partial charge in [0.15, 0.2) is 11.5 Å². The standard InChI is InChI=1S/C30H30Cl2N2O6/c1-6-40-20-13-7-17(8-14-20)16-34-25(18-9-11-19(12-10-18)33(2)3)23(27(36)30(34)37)26(35)21-15-22(31)29(39-5)24(32)28(21)38-4/h7-15,25,35H,6,16H2,1-5H3/b26-23+. The highest BCUT2D eigenvalue weighted by Gasteiger charge is 2.46. The average Bonchev–Trinajstić information content (AvgIpc) is 3.18. The number of halogens is 2. The van der Waals surface area contributed by atoms with Crippen LogP contribution in [0.1, 0.15) is 29.7 Å². The van der Waals surface area contributed by atoms with Crippen molar-refractivity contribution < 1.29 is 28.9 Å². The predicted molar refractivity (Wildman–Crippen MR) is 156 cm³/mol. The molecular weight excluding hydrogens is 555 g/mol. The molecule has 1 unspecified atom stereocenters. The highest BCUT2D eigenvalue weighted by atomic mass is 35.5. The summed E-state index contributed by atoms with van der Waals surface area (Å²) in [5, 5.41) is 11.7. The van der Waals surface area contributed by atoms with E-state index in [1.807, 2.05) is 74.4 Å². The molecule has 0 bridgehead atoms. The van der Waals surface area contributed by atoms with Crippen LogP contribution in [0.2, 0.25) is 10.0 Å². The molecule has 10 heteroatoms. The Kier molecular flexibility index (Phi) is 8.81. The highest BCUT2D eigenvalue weighted by molar-refractivity contribution is 6.47. The fourth-order valence-electron chi connectivity index (χ4n) is 4.69. The van der Waals surface area contributed by atoms with Crippen molar-refractivity contribution in [3.8, 4) is 17.2 Å². The van der Waals surface area contributed by atoms with Gasteiger partial charge >= 0.3 is 0 Å². The Bertz CT molecular complexity index is 1450. The van der Waals surface area contributed by atoms with E-state index in [1.54, 1.807) is 0 Å². The van der Waals surface area contributed by atoms with E-state index in [2.05, 4.69) is 0 Å². The molecule has 0 aliphatic carbocycles. The SMILES string of the molecule is CCOc1ccc(CN2C(=O)C(=O)/C(=C(/O)c3cc(Cl)c(OC)c(Cl)c3OC)C2c2ccc(N(C)C)cc2)cc1. The topological polar surface area (TPSA) is 88.5 Å². The lowest BCUT2D eigenvalue weighted by Gasteiger charge is -2.26. The van der Waals surface area contributed by atoms with Crippen molar-refractivity contribution in [2.45, 2.75) is 19.5 Å². The number of carbonyl (C=O) groups is 2. The molecular formula is C30H30Cl2N2O6.